The maximum atomic E-state index is 13.5. The highest BCUT2D eigenvalue weighted by atomic mass is 16.5. The summed E-state index contributed by atoms with van der Waals surface area (Å²) in [6.45, 7) is 14.3. The van der Waals surface area contributed by atoms with Crippen LogP contribution in [0, 0.1) is 29.6 Å². The molecule has 8 nitrogen and oxygen atoms in total. The Balaban J connectivity index is 1.44. The molecule has 1 aromatic heterocycles. The van der Waals surface area contributed by atoms with Crippen LogP contribution in [0.25, 0.3) is 0 Å². The zero-order chi connectivity index (χ0) is 25.8. The molecule has 2 amide bonds. The number of hydrogen-bond acceptors (Lipinski definition) is 6. The lowest BCUT2D eigenvalue weighted by Gasteiger charge is -2.51. The second-order valence-electron chi connectivity index (χ2n) is 12.6. The lowest BCUT2D eigenvalue weighted by atomic mass is 9.77. The minimum absolute atomic E-state index is 0.159. The van der Waals surface area contributed by atoms with Crippen LogP contribution in [0.3, 0.4) is 0 Å². The molecule has 5 atom stereocenters. The van der Waals surface area contributed by atoms with Gasteiger partial charge in [-0.05, 0) is 61.7 Å². The molecular weight excluding hydrogens is 454 g/mol. The van der Waals surface area contributed by atoms with E-state index in [-0.39, 0.29) is 18.0 Å². The number of likely N-dealkylation sites (tertiary alicyclic amines) is 1. The SMILES string of the molecule is CC(C)Cc1nc(CN2C[C@@H]3C[C@H](C2)[C@@H]2CCCC(=O)N[C@H](C(C)C)CC[C@@H](C)CC(=O)N2C3)no1. The van der Waals surface area contributed by atoms with Crippen LogP contribution in [-0.4, -0.2) is 63.5 Å². The van der Waals surface area contributed by atoms with Crippen LogP contribution < -0.4 is 5.32 Å². The number of nitrogens with zero attached hydrogens (tertiary/aromatic N) is 4. The van der Waals surface area contributed by atoms with Crippen molar-refractivity contribution in [2.24, 2.45) is 29.6 Å². The van der Waals surface area contributed by atoms with Gasteiger partial charge in [-0.1, -0.05) is 39.8 Å². The van der Waals surface area contributed by atoms with Crippen molar-refractivity contribution in [3.8, 4) is 0 Å². The monoisotopic (exact) mass is 501 g/mol. The summed E-state index contributed by atoms with van der Waals surface area (Å²) in [5, 5.41) is 7.51. The minimum Gasteiger partial charge on any atom is -0.353 e. The van der Waals surface area contributed by atoms with Crippen molar-refractivity contribution >= 4 is 11.8 Å². The number of aromatic nitrogens is 2. The molecule has 3 aliphatic heterocycles. The Labute approximate surface area is 216 Å². The first-order valence-corrected chi connectivity index (χ1v) is 14.3. The fourth-order valence-electron chi connectivity index (χ4n) is 6.53. The van der Waals surface area contributed by atoms with E-state index in [0.29, 0.717) is 54.9 Å². The topological polar surface area (TPSA) is 91.6 Å². The fraction of sp³-hybridized carbons (Fsp3) is 0.857. The molecule has 1 aromatic rings. The first-order chi connectivity index (χ1) is 17.2. The Morgan fingerprint density at radius 1 is 1.08 bits per heavy atom. The average molecular weight is 502 g/mol. The Kier molecular flexibility index (Phi) is 9.07. The maximum absolute atomic E-state index is 13.5. The second kappa shape index (κ2) is 12.1. The van der Waals surface area contributed by atoms with Crippen LogP contribution in [0.15, 0.2) is 4.52 Å². The Hall–Kier alpha value is -1.96. The molecule has 0 radical (unpaired) electrons. The number of hydrogen-bond donors (Lipinski definition) is 1. The highest BCUT2D eigenvalue weighted by molar-refractivity contribution is 5.77. The highest BCUT2D eigenvalue weighted by Gasteiger charge is 2.42. The second-order valence-corrected chi connectivity index (χ2v) is 12.6. The van der Waals surface area contributed by atoms with Crippen molar-refractivity contribution in [2.75, 3.05) is 19.6 Å². The Morgan fingerprint density at radius 3 is 2.64 bits per heavy atom. The van der Waals surface area contributed by atoms with E-state index in [1.165, 1.54) is 0 Å². The smallest absolute Gasteiger partial charge is 0.226 e. The zero-order valence-electron chi connectivity index (χ0n) is 23.0. The van der Waals surface area contributed by atoms with Gasteiger partial charge < -0.3 is 14.7 Å². The molecule has 4 rings (SSSR count). The van der Waals surface area contributed by atoms with E-state index < -0.39 is 0 Å². The third kappa shape index (κ3) is 7.08. The number of nitrogens with one attached hydrogen (secondary N) is 1. The number of carbonyl (C=O) groups excluding carboxylic acids is 2. The van der Waals surface area contributed by atoms with Crippen molar-refractivity contribution < 1.29 is 14.1 Å². The molecule has 0 aromatic carbocycles. The van der Waals surface area contributed by atoms with Crippen LogP contribution in [0.1, 0.15) is 91.3 Å². The van der Waals surface area contributed by atoms with E-state index in [9.17, 15) is 9.59 Å². The summed E-state index contributed by atoms with van der Waals surface area (Å²) in [6.07, 6.45) is 6.75. The summed E-state index contributed by atoms with van der Waals surface area (Å²) in [6, 6.07) is 0.400. The largest absolute Gasteiger partial charge is 0.353 e. The lowest BCUT2D eigenvalue weighted by molar-refractivity contribution is -0.142. The number of fused-ring (bicyclic) bond motifs is 4. The van der Waals surface area contributed by atoms with Gasteiger partial charge in [0.2, 0.25) is 17.7 Å². The predicted molar refractivity (Wildman–Crippen MR) is 139 cm³/mol. The molecule has 0 spiro atoms. The van der Waals surface area contributed by atoms with E-state index in [2.05, 4.69) is 59.9 Å². The molecule has 1 N–H and O–H groups in total. The number of rotatable bonds is 5. The third-order valence-electron chi connectivity index (χ3n) is 8.37. The standard InChI is InChI=1S/C28H47N5O3/c1-18(2)11-27-30-25(31-36-27)17-32-14-21-13-22(16-32)24-7-6-8-26(34)29-23(19(3)4)10-9-20(5)12-28(35)33(24)15-21/h18-24H,6-17H2,1-5H3,(H,29,34)/t20-,21+,22-,23+,24+/m1/s1. The van der Waals surface area contributed by atoms with Gasteiger partial charge in [0.05, 0.1) is 6.54 Å². The van der Waals surface area contributed by atoms with E-state index >= 15 is 0 Å². The predicted octanol–water partition coefficient (Wildman–Crippen LogP) is 4.05. The molecule has 4 heterocycles. The van der Waals surface area contributed by atoms with Crippen LogP contribution in [0.5, 0.6) is 0 Å². The highest BCUT2D eigenvalue weighted by Crippen LogP contribution is 2.37. The number of piperidine rings is 2. The summed E-state index contributed by atoms with van der Waals surface area (Å²) < 4.78 is 5.46. The van der Waals surface area contributed by atoms with E-state index in [1.807, 2.05) is 0 Å². The van der Waals surface area contributed by atoms with Crippen molar-refractivity contribution in [1.82, 2.24) is 25.3 Å². The van der Waals surface area contributed by atoms with Gasteiger partial charge in [-0.2, -0.15) is 4.98 Å². The van der Waals surface area contributed by atoms with Crippen molar-refractivity contribution in [3.63, 3.8) is 0 Å². The van der Waals surface area contributed by atoms with Crippen LogP contribution in [0.4, 0.5) is 0 Å². The summed E-state index contributed by atoms with van der Waals surface area (Å²) in [5.74, 6) is 4.07. The van der Waals surface area contributed by atoms with Gasteiger partial charge in [0.25, 0.3) is 0 Å². The molecule has 8 heteroatoms. The van der Waals surface area contributed by atoms with E-state index in [0.717, 1.165) is 69.9 Å². The van der Waals surface area contributed by atoms with Gasteiger partial charge in [-0.3, -0.25) is 14.5 Å². The molecule has 0 saturated carbocycles. The molecule has 0 unspecified atom stereocenters. The first-order valence-electron chi connectivity index (χ1n) is 14.3. The van der Waals surface area contributed by atoms with Gasteiger partial charge in [0, 0.05) is 51.0 Å². The van der Waals surface area contributed by atoms with E-state index in [4.69, 9.17) is 4.52 Å². The minimum atomic E-state index is 0.159. The molecule has 0 aliphatic carbocycles. The van der Waals surface area contributed by atoms with Crippen LogP contribution in [-0.2, 0) is 22.6 Å². The first kappa shape index (κ1) is 27.1. The molecule has 3 saturated heterocycles. The Bertz CT molecular complexity index is 884. The zero-order valence-corrected chi connectivity index (χ0v) is 23.0. The van der Waals surface area contributed by atoms with Gasteiger partial charge in [0.15, 0.2) is 5.82 Å². The Morgan fingerprint density at radius 2 is 1.89 bits per heavy atom. The lowest BCUT2D eigenvalue weighted by Crippen LogP contribution is -2.59. The van der Waals surface area contributed by atoms with Gasteiger partial charge in [-0.25, -0.2) is 0 Å². The molecule has 202 valence electrons. The molecular formula is C28H47N5O3. The quantitative estimate of drug-likeness (QED) is 0.655. The third-order valence-corrected chi connectivity index (χ3v) is 8.37. The van der Waals surface area contributed by atoms with Crippen molar-refractivity contribution in [2.45, 2.75) is 105 Å². The summed E-state index contributed by atoms with van der Waals surface area (Å²) >= 11 is 0. The van der Waals surface area contributed by atoms with E-state index in [1.54, 1.807) is 0 Å². The van der Waals surface area contributed by atoms with Crippen molar-refractivity contribution in [1.29, 1.82) is 0 Å². The number of amides is 2. The average Bonchev–Trinajstić information content (AvgIpc) is 3.22. The molecule has 3 aliphatic rings. The summed E-state index contributed by atoms with van der Waals surface area (Å²) in [7, 11) is 0. The number of carbonyl (C=O) groups is 2. The fourth-order valence-corrected chi connectivity index (χ4v) is 6.53. The van der Waals surface area contributed by atoms with Gasteiger partial charge in [-0.15, -0.1) is 0 Å². The van der Waals surface area contributed by atoms with Crippen LogP contribution in [0.2, 0.25) is 0 Å². The van der Waals surface area contributed by atoms with Gasteiger partial charge in [0.1, 0.15) is 0 Å². The van der Waals surface area contributed by atoms with Gasteiger partial charge >= 0.3 is 0 Å². The molecule has 3 fully saturated rings. The summed E-state index contributed by atoms with van der Waals surface area (Å²) in [4.78, 5) is 35.5. The molecule has 2 bridgehead atoms. The summed E-state index contributed by atoms with van der Waals surface area (Å²) in [5.41, 5.74) is 0. The molecule has 36 heavy (non-hydrogen) atoms. The maximum Gasteiger partial charge on any atom is 0.226 e. The van der Waals surface area contributed by atoms with Crippen LogP contribution >= 0.6 is 0 Å². The van der Waals surface area contributed by atoms with Crippen molar-refractivity contribution in [3.05, 3.63) is 11.7 Å². The normalized spacial score (nSPS) is 31.0.